The number of nitrogens with zero attached hydrogens (tertiary/aromatic N) is 2. The van der Waals surface area contributed by atoms with Crippen LogP contribution in [0, 0.1) is 0 Å². The lowest BCUT2D eigenvalue weighted by atomic mass is 10.1. The van der Waals surface area contributed by atoms with Crippen LogP contribution in [0.15, 0.2) is 22.7 Å². The first-order valence-electron chi connectivity index (χ1n) is 6.16. The molecule has 0 aliphatic carbocycles. The number of aromatic nitrogens is 2. The molecule has 0 radical (unpaired) electrons. The summed E-state index contributed by atoms with van der Waals surface area (Å²) in [7, 11) is 1.63. The standard InChI is InChI=1S/C14H12BrClN2O2/c1-19-12-3-2-8(6-10(12)15)14-17-11-4-5-20-7-9(11)13(16)18-14/h2-3,6H,4-5,7H2,1H3. The normalized spacial score (nSPS) is 13.9. The lowest BCUT2D eigenvalue weighted by Gasteiger charge is -2.17. The van der Waals surface area contributed by atoms with Crippen molar-refractivity contribution in [3.63, 3.8) is 0 Å². The molecule has 104 valence electrons. The summed E-state index contributed by atoms with van der Waals surface area (Å²) in [5.74, 6) is 1.39. The predicted molar refractivity (Wildman–Crippen MR) is 80.1 cm³/mol. The smallest absolute Gasteiger partial charge is 0.161 e. The molecule has 0 N–H and O–H groups in total. The lowest BCUT2D eigenvalue weighted by molar-refractivity contribution is 0.109. The molecule has 4 nitrogen and oxygen atoms in total. The highest BCUT2D eigenvalue weighted by Gasteiger charge is 2.18. The highest BCUT2D eigenvalue weighted by molar-refractivity contribution is 9.10. The summed E-state index contributed by atoms with van der Waals surface area (Å²) in [6.45, 7) is 1.16. The number of methoxy groups -OCH3 is 1. The molecule has 2 aromatic rings. The maximum Gasteiger partial charge on any atom is 0.161 e. The van der Waals surface area contributed by atoms with Crippen molar-refractivity contribution in [2.24, 2.45) is 0 Å². The zero-order valence-electron chi connectivity index (χ0n) is 10.8. The molecule has 0 saturated carbocycles. The van der Waals surface area contributed by atoms with E-state index >= 15 is 0 Å². The lowest BCUT2D eigenvalue weighted by Crippen LogP contribution is -2.14. The first-order valence-corrected chi connectivity index (χ1v) is 7.33. The van der Waals surface area contributed by atoms with Gasteiger partial charge in [-0.25, -0.2) is 9.97 Å². The predicted octanol–water partition coefficient (Wildman–Crippen LogP) is 3.64. The fraction of sp³-hybridized carbons (Fsp3) is 0.286. The van der Waals surface area contributed by atoms with Crippen LogP contribution in [0.5, 0.6) is 5.75 Å². The van der Waals surface area contributed by atoms with E-state index < -0.39 is 0 Å². The summed E-state index contributed by atoms with van der Waals surface area (Å²) in [4.78, 5) is 8.97. The Morgan fingerprint density at radius 2 is 2.20 bits per heavy atom. The summed E-state index contributed by atoms with van der Waals surface area (Å²) >= 11 is 9.69. The van der Waals surface area contributed by atoms with Crippen LogP contribution in [-0.4, -0.2) is 23.7 Å². The Morgan fingerprint density at radius 1 is 1.35 bits per heavy atom. The summed E-state index contributed by atoms with van der Waals surface area (Å²) in [6, 6.07) is 5.72. The second kappa shape index (κ2) is 5.68. The minimum Gasteiger partial charge on any atom is -0.496 e. The number of benzene rings is 1. The number of ether oxygens (including phenoxy) is 2. The van der Waals surface area contributed by atoms with Gasteiger partial charge in [0.1, 0.15) is 10.9 Å². The van der Waals surface area contributed by atoms with Crippen molar-refractivity contribution in [2.75, 3.05) is 13.7 Å². The van der Waals surface area contributed by atoms with Crippen LogP contribution in [0.2, 0.25) is 5.15 Å². The number of rotatable bonds is 2. The molecule has 1 aromatic heterocycles. The molecule has 0 atom stereocenters. The van der Waals surface area contributed by atoms with Crippen LogP contribution < -0.4 is 4.74 Å². The maximum absolute atomic E-state index is 6.23. The second-order valence-electron chi connectivity index (χ2n) is 4.42. The van der Waals surface area contributed by atoms with Crippen molar-refractivity contribution in [1.82, 2.24) is 9.97 Å². The van der Waals surface area contributed by atoms with Gasteiger partial charge in [0, 0.05) is 17.5 Å². The molecule has 2 heterocycles. The Morgan fingerprint density at radius 3 is 2.95 bits per heavy atom. The van der Waals surface area contributed by atoms with E-state index in [4.69, 9.17) is 21.1 Å². The summed E-state index contributed by atoms with van der Waals surface area (Å²) < 4.78 is 11.5. The van der Waals surface area contributed by atoms with Crippen molar-refractivity contribution < 1.29 is 9.47 Å². The fourth-order valence-corrected chi connectivity index (χ4v) is 2.91. The van der Waals surface area contributed by atoms with Crippen molar-refractivity contribution in [2.45, 2.75) is 13.0 Å². The molecule has 1 aliphatic heterocycles. The Bertz CT molecular complexity index is 664. The summed E-state index contributed by atoms with van der Waals surface area (Å²) in [5.41, 5.74) is 2.77. The second-order valence-corrected chi connectivity index (χ2v) is 5.63. The highest BCUT2D eigenvalue weighted by Crippen LogP contribution is 2.31. The minimum atomic E-state index is 0.469. The highest BCUT2D eigenvalue weighted by atomic mass is 79.9. The van der Waals surface area contributed by atoms with Gasteiger partial charge in [-0.2, -0.15) is 0 Å². The third-order valence-electron chi connectivity index (χ3n) is 3.18. The molecular formula is C14H12BrClN2O2. The van der Waals surface area contributed by atoms with Crippen molar-refractivity contribution in [3.8, 4) is 17.1 Å². The van der Waals surface area contributed by atoms with Gasteiger partial charge in [0.25, 0.3) is 0 Å². The van der Waals surface area contributed by atoms with E-state index in [1.807, 2.05) is 18.2 Å². The topological polar surface area (TPSA) is 44.2 Å². The number of hydrogen-bond donors (Lipinski definition) is 0. The molecule has 20 heavy (non-hydrogen) atoms. The van der Waals surface area contributed by atoms with Gasteiger partial charge in [-0.1, -0.05) is 11.6 Å². The van der Waals surface area contributed by atoms with Gasteiger partial charge in [-0.3, -0.25) is 0 Å². The third-order valence-corrected chi connectivity index (χ3v) is 4.11. The van der Waals surface area contributed by atoms with Crippen LogP contribution in [0.25, 0.3) is 11.4 Å². The van der Waals surface area contributed by atoms with Crippen LogP contribution in [-0.2, 0) is 17.8 Å². The van der Waals surface area contributed by atoms with Crippen LogP contribution in [0.4, 0.5) is 0 Å². The Hall–Kier alpha value is -1.17. The molecule has 3 rings (SSSR count). The number of hydrogen-bond acceptors (Lipinski definition) is 4. The van der Waals surface area contributed by atoms with Gasteiger partial charge in [0.2, 0.25) is 0 Å². The van der Waals surface area contributed by atoms with E-state index in [0.29, 0.717) is 24.2 Å². The monoisotopic (exact) mass is 354 g/mol. The molecule has 0 fully saturated rings. The Balaban J connectivity index is 2.06. The molecule has 1 aliphatic rings. The largest absolute Gasteiger partial charge is 0.496 e. The minimum absolute atomic E-state index is 0.469. The zero-order valence-corrected chi connectivity index (χ0v) is 13.2. The van der Waals surface area contributed by atoms with Crippen molar-refractivity contribution >= 4 is 27.5 Å². The molecule has 0 bridgehead atoms. The van der Waals surface area contributed by atoms with Crippen LogP contribution in [0.1, 0.15) is 11.3 Å². The van der Waals surface area contributed by atoms with Crippen LogP contribution >= 0.6 is 27.5 Å². The van der Waals surface area contributed by atoms with E-state index in [-0.39, 0.29) is 0 Å². The fourth-order valence-electron chi connectivity index (χ4n) is 2.13. The molecule has 6 heteroatoms. The van der Waals surface area contributed by atoms with Crippen molar-refractivity contribution in [1.29, 1.82) is 0 Å². The first-order chi connectivity index (χ1) is 9.69. The van der Waals surface area contributed by atoms with E-state index in [9.17, 15) is 0 Å². The Kier molecular flexibility index (Phi) is 3.92. The van der Waals surface area contributed by atoms with Gasteiger partial charge in [0.05, 0.1) is 30.5 Å². The average Bonchev–Trinajstić information content (AvgIpc) is 2.47. The zero-order chi connectivity index (χ0) is 14.1. The molecule has 1 aromatic carbocycles. The van der Waals surface area contributed by atoms with E-state index in [1.54, 1.807) is 7.11 Å². The van der Waals surface area contributed by atoms with E-state index in [0.717, 1.165) is 33.5 Å². The maximum atomic E-state index is 6.23. The SMILES string of the molecule is COc1ccc(-c2nc(Cl)c3c(n2)CCOC3)cc1Br. The van der Waals surface area contributed by atoms with Crippen molar-refractivity contribution in [3.05, 3.63) is 39.1 Å². The van der Waals surface area contributed by atoms with E-state index in [1.165, 1.54) is 0 Å². The number of fused-ring (bicyclic) bond motifs is 1. The molecule has 0 saturated heterocycles. The number of halogens is 2. The molecule has 0 amide bonds. The summed E-state index contributed by atoms with van der Waals surface area (Å²) in [6.07, 6.45) is 0.766. The van der Waals surface area contributed by atoms with E-state index in [2.05, 4.69) is 25.9 Å². The summed E-state index contributed by atoms with van der Waals surface area (Å²) in [5, 5.41) is 0.469. The van der Waals surface area contributed by atoms with Gasteiger partial charge in [0.15, 0.2) is 5.82 Å². The van der Waals surface area contributed by atoms with Gasteiger partial charge in [-0.15, -0.1) is 0 Å². The van der Waals surface area contributed by atoms with Gasteiger partial charge < -0.3 is 9.47 Å². The van der Waals surface area contributed by atoms with Gasteiger partial charge in [-0.05, 0) is 34.1 Å². The quantitative estimate of drug-likeness (QED) is 0.772. The third kappa shape index (κ3) is 2.53. The molecular weight excluding hydrogens is 344 g/mol. The Labute approximate surface area is 130 Å². The molecule has 0 spiro atoms. The average molecular weight is 356 g/mol. The van der Waals surface area contributed by atoms with Crippen LogP contribution in [0.3, 0.4) is 0 Å². The molecule has 0 unspecified atom stereocenters. The van der Waals surface area contributed by atoms with Gasteiger partial charge >= 0.3 is 0 Å². The first kappa shape index (κ1) is 13.8.